The molecule has 0 aliphatic carbocycles. The van der Waals surface area contributed by atoms with Gasteiger partial charge in [0.05, 0.1) is 22.6 Å². The summed E-state index contributed by atoms with van der Waals surface area (Å²) in [7, 11) is -1.68. The first-order valence-corrected chi connectivity index (χ1v) is 8.34. The molecule has 0 amide bonds. The standard InChI is InChI=1S/C16H22F3NO3S/c1-10(20-24(23)14(2,3)4)11-7-6-8-12(13(11)17)16(18,19)15(5,22)9-21/h6-8,21-22H,9H2,1-5H3/t15-,24+/m0/s1. The molecule has 0 aliphatic heterocycles. The van der Waals surface area contributed by atoms with Crippen LogP contribution < -0.4 is 0 Å². The monoisotopic (exact) mass is 365 g/mol. The second kappa shape index (κ2) is 6.93. The first kappa shape index (κ1) is 20.8. The Labute approximate surface area is 142 Å². The summed E-state index contributed by atoms with van der Waals surface area (Å²) in [5, 5.41) is 18.6. The van der Waals surface area contributed by atoms with Crippen molar-refractivity contribution in [3.63, 3.8) is 0 Å². The summed E-state index contributed by atoms with van der Waals surface area (Å²) in [6, 6.07) is 3.26. The van der Waals surface area contributed by atoms with Crippen LogP contribution in [0.1, 0.15) is 45.7 Å². The topological polar surface area (TPSA) is 69.9 Å². The van der Waals surface area contributed by atoms with Crippen LogP contribution in [0.3, 0.4) is 0 Å². The number of nitrogens with zero attached hydrogens (tertiary/aromatic N) is 1. The Bertz CT molecular complexity index is 667. The molecule has 1 aromatic carbocycles. The Morgan fingerprint density at radius 3 is 2.25 bits per heavy atom. The molecule has 2 atom stereocenters. The number of alkyl halides is 2. The van der Waals surface area contributed by atoms with Gasteiger partial charge in [0.25, 0.3) is 0 Å². The number of rotatable bonds is 5. The van der Waals surface area contributed by atoms with E-state index in [0.717, 1.165) is 6.07 Å². The highest BCUT2D eigenvalue weighted by Gasteiger charge is 2.52. The van der Waals surface area contributed by atoms with Crippen LogP contribution >= 0.6 is 0 Å². The van der Waals surface area contributed by atoms with Gasteiger partial charge in [0.2, 0.25) is 0 Å². The van der Waals surface area contributed by atoms with Crippen molar-refractivity contribution in [1.82, 2.24) is 0 Å². The third-order valence-electron chi connectivity index (χ3n) is 3.45. The maximum absolute atomic E-state index is 14.6. The van der Waals surface area contributed by atoms with E-state index in [0.29, 0.717) is 6.92 Å². The van der Waals surface area contributed by atoms with Crippen molar-refractivity contribution in [2.24, 2.45) is 4.40 Å². The van der Waals surface area contributed by atoms with Gasteiger partial charge < -0.3 is 10.2 Å². The molecular weight excluding hydrogens is 343 g/mol. The molecule has 136 valence electrons. The second-order valence-electron chi connectivity index (χ2n) is 6.71. The first-order chi connectivity index (χ1) is 10.8. The zero-order chi connectivity index (χ0) is 18.9. The average Bonchev–Trinajstić information content (AvgIpc) is 2.45. The van der Waals surface area contributed by atoms with Gasteiger partial charge in [-0.3, -0.25) is 0 Å². The third kappa shape index (κ3) is 4.04. The van der Waals surface area contributed by atoms with E-state index in [9.17, 15) is 22.5 Å². The maximum Gasteiger partial charge on any atom is 0.306 e. The van der Waals surface area contributed by atoms with Crippen LogP contribution in [0, 0.1) is 5.82 Å². The van der Waals surface area contributed by atoms with Crippen LogP contribution in [0.2, 0.25) is 0 Å². The number of aliphatic hydroxyl groups is 2. The summed E-state index contributed by atoms with van der Waals surface area (Å²) >= 11 is 0. The molecule has 1 aromatic rings. The molecule has 0 saturated heterocycles. The van der Waals surface area contributed by atoms with Crippen molar-refractivity contribution in [3.05, 3.63) is 35.1 Å². The SMILES string of the molecule is CC(=N[S@](=O)C(C)(C)C)c1cccc(C(F)(F)[C@@](C)(O)CO)c1F. The molecule has 1 rings (SSSR count). The summed E-state index contributed by atoms with van der Waals surface area (Å²) in [5.74, 6) is -5.30. The lowest BCUT2D eigenvalue weighted by Crippen LogP contribution is -2.47. The van der Waals surface area contributed by atoms with E-state index in [-0.39, 0.29) is 11.3 Å². The number of hydrogen-bond donors (Lipinski definition) is 2. The van der Waals surface area contributed by atoms with Gasteiger partial charge in [-0.2, -0.15) is 13.2 Å². The minimum atomic E-state index is -4.02. The van der Waals surface area contributed by atoms with Crippen molar-refractivity contribution < 1.29 is 27.6 Å². The molecule has 0 fully saturated rings. The Balaban J connectivity index is 3.43. The fourth-order valence-electron chi connectivity index (χ4n) is 1.75. The molecule has 4 nitrogen and oxygen atoms in total. The fourth-order valence-corrected chi connectivity index (χ4v) is 2.37. The minimum Gasteiger partial charge on any atom is -0.393 e. The number of benzene rings is 1. The van der Waals surface area contributed by atoms with Gasteiger partial charge in [-0.15, -0.1) is 0 Å². The van der Waals surface area contributed by atoms with E-state index in [1.807, 2.05) is 0 Å². The molecule has 2 N–H and O–H groups in total. The molecule has 24 heavy (non-hydrogen) atoms. The van der Waals surface area contributed by atoms with E-state index in [1.165, 1.54) is 19.1 Å². The van der Waals surface area contributed by atoms with Crippen molar-refractivity contribution in [2.45, 2.75) is 50.9 Å². The predicted octanol–water partition coefficient (Wildman–Crippen LogP) is 2.93. The summed E-state index contributed by atoms with van der Waals surface area (Å²) in [6.07, 6.45) is 0. The zero-order valence-electron chi connectivity index (χ0n) is 14.2. The molecule has 0 radical (unpaired) electrons. The number of hydrogen-bond acceptors (Lipinski definition) is 3. The highest BCUT2D eigenvalue weighted by Crippen LogP contribution is 2.40. The van der Waals surface area contributed by atoms with E-state index < -0.39 is 45.2 Å². The van der Waals surface area contributed by atoms with E-state index in [2.05, 4.69) is 4.40 Å². The van der Waals surface area contributed by atoms with E-state index in [4.69, 9.17) is 5.11 Å². The smallest absolute Gasteiger partial charge is 0.306 e. The molecule has 0 saturated carbocycles. The van der Waals surface area contributed by atoms with Gasteiger partial charge in [0, 0.05) is 5.56 Å². The van der Waals surface area contributed by atoms with Crippen LogP contribution in [0.25, 0.3) is 0 Å². The molecule has 0 heterocycles. The Kier molecular flexibility index (Phi) is 6.01. The fraction of sp³-hybridized carbons (Fsp3) is 0.562. The summed E-state index contributed by atoms with van der Waals surface area (Å²) in [5.41, 5.74) is -4.12. The maximum atomic E-state index is 14.6. The van der Waals surface area contributed by atoms with Gasteiger partial charge in [0.1, 0.15) is 16.8 Å². The third-order valence-corrected chi connectivity index (χ3v) is 4.94. The van der Waals surface area contributed by atoms with Crippen LogP contribution in [0.15, 0.2) is 22.6 Å². The molecule has 0 bridgehead atoms. The second-order valence-corrected chi connectivity index (χ2v) is 8.62. The first-order valence-electron chi connectivity index (χ1n) is 7.23. The number of halogens is 3. The van der Waals surface area contributed by atoms with Crippen LogP contribution in [0.4, 0.5) is 13.2 Å². The Hall–Kier alpha value is -1.25. The minimum absolute atomic E-state index is 0.00190. The largest absolute Gasteiger partial charge is 0.393 e. The molecular formula is C16H22F3NO3S. The molecule has 0 unspecified atom stereocenters. The highest BCUT2D eigenvalue weighted by molar-refractivity contribution is 7.85. The summed E-state index contributed by atoms with van der Waals surface area (Å²) in [4.78, 5) is 0. The summed E-state index contributed by atoms with van der Waals surface area (Å²) in [6.45, 7) is 5.88. The lowest BCUT2D eigenvalue weighted by atomic mass is 9.90. The highest BCUT2D eigenvalue weighted by atomic mass is 32.2. The van der Waals surface area contributed by atoms with Crippen LogP contribution in [0.5, 0.6) is 0 Å². The van der Waals surface area contributed by atoms with Crippen molar-refractivity contribution in [2.75, 3.05) is 6.61 Å². The van der Waals surface area contributed by atoms with Crippen molar-refractivity contribution in [1.29, 1.82) is 0 Å². The average molecular weight is 365 g/mol. The quantitative estimate of drug-likeness (QED) is 0.788. The van der Waals surface area contributed by atoms with Gasteiger partial charge >= 0.3 is 5.92 Å². The van der Waals surface area contributed by atoms with E-state index in [1.54, 1.807) is 20.8 Å². The number of aliphatic hydroxyl groups excluding tert-OH is 1. The van der Waals surface area contributed by atoms with Crippen LogP contribution in [-0.2, 0) is 16.9 Å². The lowest BCUT2D eigenvalue weighted by molar-refractivity contribution is -0.196. The van der Waals surface area contributed by atoms with Gasteiger partial charge in [-0.25, -0.2) is 8.60 Å². The summed E-state index contributed by atoms with van der Waals surface area (Å²) < 4.78 is 58.5. The van der Waals surface area contributed by atoms with E-state index >= 15 is 0 Å². The predicted molar refractivity (Wildman–Crippen MR) is 88.1 cm³/mol. The van der Waals surface area contributed by atoms with Gasteiger partial charge in [-0.1, -0.05) is 12.1 Å². The molecule has 0 aromatic heterocycles. The normalized spacial score (nSPS) is 17.5. The van der Waals surface area contributed by atoms with Gasteiger partial charge in [-0.05, 0) is 40.7 Å². The van der Waals surface area contributed by atoms with Gasteiger partial charge in [0.15, 0.2) is 5.60 Å². The lowest BCUT2D eigenvalue weighted by Gasteiger charge is -2.31. The Morgan fingerprint density at radius 1 is 1.25 bits per heavy atom. The molecule has 0 aliphatic rings. The van der Waals surface area contributed by atoms with Crippen LogP contribution in [-0.4, -0.2) is 37.1 Å². The Morgan fingerprint density at radius 2 is 1.79 bits per heavy atom. The molecule has 8 heteroatoms. The zero-order valence-corrected chi connectivity index (χ0v) is 15.0. The van der Waals surface area contributed by atoms with Crippen molar-refractivity contribution in [3.8, 4) is 0 Å². The van der Waals surface area contributed by atoms with Crippen molar-refractivity contribution >= 4 is 16.7 Å². The molecule has 0 spiro atoms.